The smallest absolute Gasteiger partial charge is 0.0252 e. The fraction of sp³-hybridized carbons (Fsp3) is 0.818. The third-order valence-corrected chi connectivity index (χ3v) is 2.30. The fourth-order valence-electron chi connectivity index (χ4n) is 1.73. The molecule has 0 aromatic carbocycles. The quantitative estimate of drug-likeness (QED) is 0.624. The van der Waals surface area contributed by atoms with Gasteiger partial charge in [-0.15, -0.1) is 0 Å². The second-order valence-electron chi connectivity index (χ2n) is 3.99. The molecule has 0 heterocycles. The molecule has 0 aromatic rings. The van der Waals surface area contributed by atoms with E-state index in [-0.39, 0.29) is 0 Å². The molecular weight excluding hydrogens is 146 g/mol. The number of allylic oxidation sites excluding steroid dienone is 1. The zero-order valence-electron chi connectivity index (χ0n) is 8.34. The average molecular weight is 167 g/mol. The van der Waals surface area contributed by atoms with Crippen LogP contribution in [0.15, 0.2) is 12.2 Å². The van der Waals surface area contributed by atoms with Crippen molar-refractivity contribution in [3.8, 4) is 0 Å². The van der Waals surface area contributed by atoms with E-state index >= 15 is 0 Å². The molecule has 1 nitrogen and oxygen atoms in total. The molecule has 12 heavy (non-hydrogen) atoms. The van der Waals surface area contributed by atoms with E-state index in [0.717, 1.165) is 0 Å². The van der Waals surface area contributed by atoms with Crippen molar-refractivity contribution in [1.29, 1.82) is 0 Å². The summed E-state index contributed by atoms with van der Waals surface area (Å²) in [5.41, 5.74) is 0. The molecule has 0 radical (unpaired) electrons. The van der Waals surface area contributed by atoms with Crippen molar-refractivity contribution in [2.45, 2.75) is 58.0 Å². The monoisotopic (exact) mass is 167 g/mol. The second-order valence-corrected chi connectivity index (χ2v) is 3.99. The first-order valence-corrected chi connectivity index (χ1v) is 5.22. The first-order valence-electron chi connectivity index (χ1n) is 5.22. The molecular formula is C11H21N. The molecule has 1 aliphatic carbocycles. The maximum atomic E-state index is 3.56. The summed E-state index contributed by atoms with van der Waals surface area (Å²) in [4.78, 5) is 0. The van der Waals surface area contributed by atoms with Gasteiger partial charge >= 0.3 is 0 Å². The van der Waals surface area contributed by atoms with Gasteiger partial charge in [-0.2, -0.15) is 0 Å². The van der Waals surface area contributed by atoms with E-state index in [0.29, 0.717) is 12.1 Å². The van der Waals surface area contributed by atoms with Crippen LogP contribution >= 0.6 is 0 Å². The Morgan fingerprint density at radius 2 is 2.08 bits per heavy atom. The van der Waals surface area contributed by atoms with Gasteiger partial charge in [-0.25, -0.2) is 0 Å². The van der Waals surface area contributed by atoms with Gasteiger partial charge in [-0.1, -0.05) is 38.8 Å². The third-order valence-electron chi connectivity index (χ3n) is 2.30. The summed E-state index contributed by atoms with van der Waals surface area (Å²) in [5.74, 6) is 0. The Balaban J connectivity index is 2.33. The molecule has 0 amide bonds. The molecule has 0 aliphatic heterocycles. The lowest BCUT2D eigenvalue weighted by Gasteiger charge is -2.19. The summed E-state index contributed by atoms with van der Waals surface area (Å²) in [6.45, 7) is 4.43. The lowest BCUT2D eigenvalue weighted by atomic mass is 10.0. The zero-order chi connectivity index (χ0) is 8.81. The molecule has 0 fully saturated rings. The normalized spacial score (nSPS) is 28.1. The highest BCUT2D eigenvalue weighted by atomic mass is 14.9. The third kappa shape index (κ3) is 3.91. The van der Waals surface area contributed by atoms with E-state index in [4.69, 9.17) is 0 Å². The standard InChI is InChI=1S/C11H21N/c1-10(2)12-11-8-6-4-3-5-7-9-11/h6,8,10-12H,3-5,7,9H2,1-2H3/b8-6-. The van der Waals surface area contributed by atoms with Gasteiger partial charge in [0.25, 0.3) is 0 Å². The summed E-state index contributed by atoms with van der Waals surface area (Å²) < 4.78 is 0. The molecule has 70 valence electrons. The number of hydrogen-bond acceptors (Lipinski definition) is 1. The molecule has 0 bridgehead atoms. The van der Waals surface area contributed by atoms with Crippen molar-refractivity contribution < 1.29 is 0 Å². The van der Waals surface area contributed by atoms with Crippen LogP contribution in [0.2, 0.25) is 0 Å². The summed E-state index contributed by atoms with van der Waals surface area (Å²) in [6.07, 6.45) is 11.4. The van der Waals surface area contributed by atoms with Gasteiger partial charge in [0.15, 0.2) is 0 Å². The molecule has 1 rings (SSSR count). The molecule has 1 heteroatoms. The van der Waals surface area contributed by atoms with Crippen LogP contribution in [0.4, 0.5) is 0 Å². The average Bonchev–Trinajstić information content (AvgIpc) is 1.93. The van der Waals surface area contributed by atoms with Crippen molar-refractivity contribution >= 4 is 0 Å². The van der Waals surface area contributed by atoms with Crippen molar-refractivity contribution in [1.82, 2.24) is 5.32 Å². The Morgan fingerprint density at radius 3 is 2.83 bits per heavy atom. The van der Waals surface area contributed by atoms with Gasteiger partial charge < -0.3 is 5.32 Å². The highest BCUT2D eigenvalue weighted by Gasteiger charge is 2.06. The Kier molecular flexibility index (Phi) is 4.37. The number of nitrogens with one attached hydrogen (secondary N) is 1. The first kappa shape index (κ1) is 9.79. The predicted octanol–water partition coefficient (Wildman–Crippen LogP) is 2.87. The van der Waals surface area contributed by atoms with E-state index in [1.165, 1.54) is 32.1 Å². The van der Waals surface area contributed by atoms with Gasteiger partial charge in [0.2, 0.25) is 0 Å². The van der Waals surface area contributed by atoms with Crippen molar-refractivity contribution in [2.75, 3.05) is 0 Å². The van der Waals surface area contributed by atoms with E-state index < -0.39 is 0 Å². The lowest BCUT2D eigenvalue weighted by molar-refractivity contribution is 0.470. The minimum Gasteiger partial charge on any atom is -0.308 e. The van der Waals surface area contributed by atoms with Crippen LogP contribution in [-0.2, 0) is 0 Å². The van der Waals surface area contributed by atoms with E-state index in [9.17, 15) is 0 Å². The Hall–Kier alpha value is -0.300. The summed E-state index contributed by atoms with van der Waals surface area (Å²) >= 11 is 0. The van der Waals surface area contributed by atoms with Crippen LogP contribution in [0.5, 0.6) is 0 Å². The van der Waals surface area contributed by atoms with Gasteiger partial charge in [-0.3, -0.25) is 0 Å². The highest BCUT2D eigenvalue weighted by molar-refractivity contribution is 4.94. The van der Waals surface area contributed by atoms with Crippen LogP contribution in [0.1, 0.15) is 46.0 Å². The molecule has 1 unspecified atom stereocenters. The molecule has 1 atom stereocenters. The maximum Gasteiger partial charge on any atom is 0.0252 e. The van der Waals surface area contributed by atoms with Crippen LogP contribution in [0, 0.1) is 0 Å². The molecule has 0 spiro atoms. The van der Waals surface area contributed by atoms with Crippen molar-refractivity contribution in [3.05, 3.63) is 12.2 Å². The van der Waals surface area contributed by atoms with E-state index in [1.807, 2.05) is 0 Å². The number of rotatable bonds is 2. The highest BCUT2D eigenvalue weighted by Crippen LogP contribution is 2.11. The Labute approximate surface area is 76.2 Å². The predicted molar refractivity (Wildman–Crippen MR) is 54.3 cm³/mol. The van der Waals surface area contributed by atoms with Gasteiger partial charge in [-0.05, 0) is 19.3 Å². The van der Waals surface area contributed by atoms with Crippen LogP contribution in [-0.4, -0.2) is 12.1 Å². The van der Waals surface area contributed by atoms with E-state index in [2.05, 4.69) is 31.3 Å². The summed E-state index contributed by atoms with van der Waals surface area (Å²) in [6, 6.07) is 1.24. The molecule has 0 aromatic heterocycles. The maximum absolute atomic E-state index is 3.56. The SMILES string of the molecule is CC(C)NC1/C=C\CCCCC1. The van der Waals surface area contributed by atoms with Gasteiger partial charge in [0, 0.05) is 12.1 Å². The number of hydrogen-bond donors (Lipinski definition) is 1. The first-order chi connectivity index (χ1) is 5.79. The van der Waals surface area contributed by atoms with Crippen LogP contribution < -0.4 is 5.32 Å². The molecule has 0 saturated heterocycles. The minimum absolute atomic E-state index is 0.610. The van der Waals surface area contributed by atoms with Crippen molar-refractivity contribution in [2.24, 2.45) is 0 Å². The molecule has 1 aliphatic rings. The largest absolute Gasteiger partial charge is 0.308 e. The Bertz CT molecular complexity index is 138. The van der Waals surface area contributed by atoms with Gasteiger partial charge in [0.05, 0.1) is 0 Å². The topological polar surface area (TPSA) is 12.0 Å². The fourth-order valence-corrected chi connectivity index (χ4v) is 1.73. The zero-order valence-corrected chi connectivity index (χ0v) is 8.34. The molecule has 0 saturated carbocycles. The summed E-state index contributed by atoms with van der Waals surface area (Å²) in [7, 11) is 0. The van der Waals surface area contributed by atoms with Gasteiger partial charge in [0.1, 0.15) is 0 Å². The van der Waals surface area contributed by atoms with E-state index in [1.54, 1.807) is 0 Å². The minimum atomic E-state index is 0.610. The summed E-state index contributed by atoms with van der Waals surface area (Å²) in [5, 5.41) is 3.56. The lowest BCUT2D eigenvalue weighted by Crippen LogP contribution is -2.33. The Morgan fingerprint density at radius 1 is 1.25 bits per heavy atom. The second kappa shape index (κ2) is 5.36. The molecule has 1 N–H and O–H groups in total. The van der Waals surface area contributed by atoms with Crippen molar-refractivity contribution in [3.63, 3.8) is 0 Å². The van der Waals surface area contributed by atoms with Crippen LogP contribution in [0.25, 0.3) is 0 Å². The van der Waals surface area contributed by atoms with Crippen LogP contribution in [0.3, 0.4) is 0 Å².